The van der Waals surface area contributed by atoms with Crippen LogP contribution in [0.1, 0.15) is 6.92 Å². The van der Waals surface area contributed by atoms with Gasteiger partial charge in [-0.3, -0.25) is 0 Å². The van der Waals surface area contributed by atoms with Crippen LogP contribution in [-0.4, -0.2) is 43.8 Å². The van der Waals surface area contributed by atoms with Gasteiger partial charge < -0.3 is 15.4 Å². The van der Waals surface area contributed by atoms with Crippen molar-refractivity contribution in [1.82, 2.24) is 4.90 Å². The van der Waals surface area contributed by atoms with Gasteiger partial charge in [-0.25, -0.2) is 0 Å². The van der Waals surface area contributed by atoms with Gasteiger partial charge in [0.25, 0.3) is 0 Å². The van der Waals surface area contributed by atoms with E-state index in [-0.39, 0.29) is 37.0 Å². The molecule has 1 rings (SSSR count). The summed E-state index contributed by atoms with van der Waals surface area (Å²) in [5, 5.41) is 0. The summed E-state index contributed by atoms with van der Waals surface area (Å²) in [5.74, 6) is 0. The van der Waals surface area contributed by atoms with Crippen LogP contribution in [0.5, 0.6) is 0 Å². The van der Waals surface area contributed by atoms with Crippen LogP contribution in [0.4, 0.5) is 0 Å². The van der Waals surface area contributed by atoms with Gasteiger partial charge in [-0.15, -0.1) is 24.8 Å². The number of hydrogen-bond acceptors (Lipinski definition) is 3. The molecule has 1 aliphatic heterocycles. The van der Waals surface area contributed by atoms with E-state index in [0.717, 1.165) is 19.7 Å². The molecular formula is C7H18Cl2N2O. The highest BCUT2D eigenvalue weighted by atomic mass is 35.5. The molecule has 0 radical (unpaired) electrons. The van der Waals surface area contributed by atoms with Crippen LogP contribution < -0.4 is 5.73 Å². The van der Waals surface area contributed by atoms with E-state index in [9.17, 15) is 0 Å². The van der Waals surface area contributed by atoms with Gasteiger partial charge in [0.1, 0.15) is 0 Å². The molecule has 0 aliphatic carbocycles. The number of halogens is 2. The maximum absolute atomic E-state index is 5.79. The van der Waals surface area contributed by atoms with E-state index in [2.05, 4.69) is 11.9 Å². The molecule has 5 heteroatoms. The summed E-state index contributed by atoms with van der Waals surface area (Å²) < 4.78 is 5.42. The van der Waals surface area contributed by atoms with Crippen LogP contribution >= 0.6 is 24.8 Å². The summed E-state index contributed by atoms with van der Waals surface area (Å²) in [6.45, 7) is 4.72. The maximum atomic E-state index is 5.79. The SMILES string of the molecule is CCO[C@@H]1CN(C)C[C@H]1N.Cl.Cl. The molecule has 1 heterocycles. The second kappa shape index (κ2) is 6.92. The fourth-order valence-electron chi connectivity index (χ4n) is 1.38. The number of nitrogens with zero attached hydrogens (tertiary/aromatic N) is 1. The van der Waals surface area contributed by atoms with Crippen molar-refractivity contribution in [3.63, 3.8) is 0 Å². The van der Waals surface area contributed by atoms with E-state index in [4.69, 9.17) is 10.5 Å². The molecule has 0 unspecified atom stereocenters. The highest BCUT2D eigenvalue weighted by Gasteiger charge is 2.27. The fourth-order valence-corrected chi connectivity index (χ4v) is 1.38. The van der Waals surface area contributed by atoms with Crippen LogP contribution in [0.25, 0.3) is 0 Å². The van der Waals surface area contributed by atoms with Crippen LogP contribution in [0, 0.1) is 0 Å². The summed E-state index contributed by atoms with van der Waals surface area (Å²) in [6, 6.07) is 0.213. The van der Waals surface area contributed by atoms with Crippen molar-refractivity contribution < 1.29 is 4.74 Å². The first kappa shape index (κ1) is 15.0. The third-order valence-electron chi connectivity index (χ3n) is 1.87. The normalized spacial score (nSPS) is 29.2. The topological polar surface area (TPSA) is 38.5 Å². The van der Waals surface area contributed by atoms with Crippen molar-refractivity contribution in [2.24, 2.45) is 5.73 Å². The lowest BCUT2D eigenvalue weighted by Crippen LogP contribution is -2.35. The summed E-state index contributed by atoms with van der Waals surface area (Å²) >= 11 is 0. The first-order valence-corrected chi connectivity index (χ1v) is 3.79. The first-order chi connectivity index (χ1) is 4.74. The van der Waals surface area contributed by atoms with Gasteiger partial charge in [0, 0.05) is 25.7 Å². The second-order valence-corrected chi connectivity index (χ2v) is 2.88. The van der Waals surface area contributed by atoms with Gasteiger partial charge in [0.15, 0.2) is 0 Å². The number of nitrogens with two attached hydrogens (primary N) is 1. The zero-order chi connectivity index (χ0) is 7.56. The minimum atomic E-state index is 0. The molecule has 12 heavy (non-hydrogen) atoms. The number of hydrogen-bond donors (Lipinski definition) is 1. The van der Waals surface area contributed by atoms with Gasteiger partial charge >= 0.3 is 0 Å². The van der Waals surface area contributed by atoms with Crippen molar-refractivity contribution in [3.05, 3.63) is 0 Å². The number of likely N-dealkylation sites (N-methyl/N-ethyl adjacent to an activating group) is 1. The fraction of sp³-hybridized carbons (Fsp3) is 1.00. The van der Waals surface area contributed by atoms with Crippen molar-refractivity contribution in [3.8, 4) is 0 Å². The van der Waals surface area contributed by atoms with Crippen LogP contribution in [0.15, 0.2) is 0 Å². The highest BCUT2D eigenvalue weighted by molar-refractivity contribution is 5.85. The first-order valence-electron chi connectivity index (χ1n) is 3.79. The molecule has 0 spiro atoms. The van der Waals surface area contributed by atoms with Crippen LogP contribution in [0.2, 0.25) is 0 Å². The van der Waals surface area contributed by atoms with Gasteiger partial charge in [-0.1, -0.05) is 0 Å². The Labute approximate surface area is 86.4 Å². The molecule has 76 valence electrons. The molecule has 0 saturated carbocycles. The van der Waals surface area contributed by atoms with Gasteiger partial charge in [-0.05, 0) is 14.0 Å². The standard InChI is InChI=1S/C7H16N2O.2ClH/c1-3-10-7-5-9(2)4-6(7)8;;/h6-7H,3-5,8H2,1-2H3;2*1H/t6-,7-;;/m1../s1. The Balaban J connectivity index is 0. The molecule has 0 aromatic carbocycles. The van der Waals surface area contributed by atoms with Crippen LogP contribution in [0.3, 0.4) is 0 Å². The summed E-state index contributed by atoms with van der Waals surface area (Å²) in [6.07, 6.45) is 0.259. The maximum Gasteiger partial charge on any atom is 0.0864 e. The highest BCUT2D eigenvalue weighted by Crippen LogP contribution is 2.08. The largest absolute Gasteiger partial charge is 0.376 e. The monoisotopic (exact) mass is 216 g/mol. The van der Waals surface area contributed by atoms with E-state index in [1.165, 1.54) is 0 Å². The summed E-state index contributed by atoms with van der Waals surface area (Å²) in [5.41, 5.74) is 5.79. The molecule has 1 aliphatic rings. The Morgan fingerprint density at radius 3 is 2.33 bits per heavy atom. The molecule has 2 N–H and O–H groups in total. The van der Waals surface area contributed by atoms with Gasteiger partial charge in [-0.2, -0.15) is 0 Å². The Hall–Kier alpha value is 0.460. The predicted octanol–water partition coefficient (Wildman–Crippen LogP) is 0.508. The molecule has 0 aromatic heterocycles. The van der Waals surface area contributed by atoms with E-state index >= 15 is 0 Å². The molecule has 0 aromatic rings. The zero-order valence-electron chi connectivity index (χ0n) is 7.53. The van der Waals surface area contributed by atoms with E-state index in [1.54, 1.807) is 0 Å². The van der Waals surface area contributed by atoms with E-state index < -0.39 is 0 Å². The average molecular weight is 217 g/mol. The zero-order valence-corrected chi connectivity index (χ0v) is 9.16. The molecule has 1 saturated heterocycles. The van der Waals surface area contributed by atoms with Crippen molar-refractivity contribution in [1.29, 1.82) is 0 Å². The third-order valence-corrected chi connectivity index (χ3v) is 1.87. The molecule has 3 nitrogen and oxygen atoms in total. The Kier molecular flexibility index (Phi) is 8.63. The third kappa shape index (κ3) is 3.92. The van der Waals surface area contributed by atoms with Gasteiger partial charge in [0.05, 0.1) is 6.10 Å². The number of rotatable bonds is 2. The van der Waals surface area contributed by atoms with Gasteiger partial charge in [0.2, 0.25) is 0 Å². The van der Waals surface area contributed by atoms with Crippen molar-refractivity contribution in [2.45, 2.75) is 19.1 Å². The van der Waals surface area contributed by atoms with Crippen LogP contribution in [-0.2, 0) is 4.74 Å². The lowest BCUT2D eigenvalue weighted by molar-refractivity contribution is 0.0619. The number of ether oxygens (including phenoxy) is 1. The predicted molar refractivity (Wildman–Crippen MR) is 55.4 cm³/mol. The molecule has 0 amide bonds. The molecule has 1 fully saturated rings. The molecule has 2 atom stereocenters. The smallest absolute Gasteiger partial charge is 0.0864 e. The summed E-state index contributed by atoms with van der Waals surface area (Å²) in [4.78, 5) is 2.20. The molecular weight excluding hydrogens is 199 g/mol. The Morgan fingerprint density at radius 2 is 2.00 bits per heavy atom. The lowest BCUT2D eigenvalue weighted by atomic mass is 10.2. The van der Waals surface area contributed by atoms with Crippen molar-refractivity contribution >= 4 is 24.8 Å². The Bertz CT molecular complexity index is 116. The minimum absolute atomic E-state index is 0. The lowest BCUT2D eigenvalue weighted by Gasteiger charge is -2.13. The van der Waals surface area contributed by atoms with Crippen molar-refractivity contribution in [2.75, 3.05) is 26.7 Å². The molecule has 0 bridgehead atoms. The van der Waals surface area contributed by atoms with E-state index in [1.807, 2.05) is 6.92 Å². The quantitative estimate of drug-likeness (QED) is 0.732. The minimum Gasteiger partial charge on any atom is -0.376 e. The average Bonchev–Trinajstić information content (AvgIpc) is 2.13. The Morgan fingerprint density at radius 1 is 1.42 bits per heavy atom. The number of likely N-dealkylation sites (tertiary alicyclic amines) is 1. The summed E-state index contributed by atoms with van der Waals surface area (Å²) in [7, 11) is 2.07. The second-order valence-electron chi connectivity index (χ2n) is 2.88. The van der Waals surface area contributed by atoms with E-state index in [0.29, 0.717) is 0 Å².